The van der Waals surface area contributed by atoms with E-state index in [9.17, 15) is 0 Å². The van der Waals surface area contributed by atoms with Gasteiger partial charge in [-0.15, -0.1) is 11.3 Å². The van der Waals surface area contributed by atoms with Crippen LogP contribution in [0.2, 0.25) is 0 Å². The lowest BCUT2D eigenvalue weighted by molar-refractivity contribution is 1.11. The van der Waals surface area contributed by atoms with E-state index in [0.29, 0.717) is 0 Å². The van der Waals surface area contributed by atoms with Crippen molar-refractivity contribution >= 4 is 75.9 Å². The molecule has 1 unspecified atom stereocenters. The van der Waals surface area contributed by atoms with E-state index >= 15 is 0 Å². The number of hydrogen-bond donors (Lipinski definition) is 1. The highest BCUT2D eigenvalue weighted by molar-refractivity contribution is 7.26. The Hall–Kier alpha value is -4.41. The molecular formula is C32H19N3S. The Morgan fingerprint density at radius 1 is 0.750 bits per heavy atom. The summed E-state index contributed by atoms with van der Waals surface area (Å²) in [5.74, 6) is 1.01. The minimum Gasteiger partial charge on any atom is -0.370 e. The summed E-state index contributed by atoms with van der Waals surface area (Å²) in [5.41, 5.74) is 7.20. The van der Waals surface area contributed by atoms with Crippen LogP contribution in [0.3, 0.4) is 0 Å². The highest BCUT2D eigenvalue weighted by Gasteiger charge is 2.29. The average Bonchev–Trinajstić information content (AvgIpc) is 3.57. The van der Waals surface area contributed by atoms with E-state index in [1.807, 2.05) is 11.3 Å². The fourth-order valence-corrected chi connectivity index (χ4v) is 7.36. The molecule has 0 spiro atoms. The van der Waals surface area contributed by atoms with E-state index in [2.05, 4.69) is 113 Å². The number of anilines is 1. The Kier molecular flexibility index (Phi) is 3.47. The molecule has 7 aromatic rings. The number of hydrogen-bond acceptors (Lipinski definition) is 3. The zero-order valence-corrected chi connectivity index (χ0v) is 20.0. The van der Waals surface area contributed by atoms with Gasteiger partial charge in [-0.1, -0.05) is 78.9 Å². The van der Waals surface area contributed by atoms with Crippen molar-refractivity contribution in [3.8, 4) is 11.1 Å². The zero-order chi connectivity index (χ0) is 23.4. The molecule has 0 amide bonds. The van der Waals surface area contributed by atoms with Crippen LogP contribution in [0.15, 0.2) is 108 Å². The lowest BCUT2D eigenvalue weighted by Gasteiger charge is -2.23. The highest BCUT2D eigenvalue weighted by atomic mass is 32.1. The maximum absolute atomic E-state index is 5.17. The molecule has 0 bridgehead atoms. The number of nitrogens with zero attached hydrogens (tertiary/aromatic N) is 2. The molecule has 4 aromatic carbocycles. The molecule has 2 aliphatic rings. The topological polar surface area (TPSA) is 28.8 Å². The first-order chi connectivity index (χ1) is 17.8. The number of allylic oxidation sites excluding steroid dienone is 2. The van der Waals surface area contributed by atoms with Crippen LogP contribution >= 0.6 is 11.3 Å². The number of fused-ring (bicyclic) bond motifs is 11. The second kappa shape index (κ2) is 6.62. The van der Waals surface area contributed by atoms with Crippen LogP contribution in [-0.2, 0) is 0 Å². The maximum Gasteiger partial charge on any atom is 0.162 e. The third kappa shape index (κ3) is 2.30. The van der Waals surface area contributed by atoms with Gasteiger partial charge >= 0.3 is 0 Å². The average molecular weight is 478 g/mol. The number of para-hydroxylation sites is 1. The smallest absolute Gasteiger partial charge is 0.162 e. The molecule has 4 heterocycles. The first kappa shape index (κ1) is 18.9. The number of benzene rings is 4. The van der Waals surface area contributed by atoms with Crippen LogP contribution in [0.4, 0.5) is 11.5 Å². The van der Waals surface area contributed by atoms with Gasteiger partial charge in [0.05, 0.1) is 28.5 Å². The maximum atomic E-state index is 5.17. The lowest BCUT2D eigenvalue weighted by atomic mass is 10.00. The van der Waals surface area contributed by atoms with Crippen LogP contribution in [0.5, 0.6) is 0 Å². The van der Waals surface area contributed by atoms with Gasteiger partial charge in [0.2, 0.25) is 0 Å². The van der Waals surface area contributed by atoms with Crippen molar-refractivity contribution in [1.82, 2.24) is 4.40 Å². The number of rotatable bonds is 1. The molecule has 168 valence electrons. The molecular weight excluding hydrogens is 458 g/mol. The van der Waals surface area contributed by atoms with E-state index in [1.54, 1.807) is 0 Å². The second-order valence-corrected chi connectivity index (χ2v) is 10.7. The summed E-state index contributed by atoms with van der Waals surface area (Å²) < 4.78 is 5.03. The number of thiophene rings is 1. The van der Waals surface area contributed by atoms with E-state index < -0.39 is 0 Å². The monoisotopic (exact) mass is 477 g/mol. The Bertz CT molecular complexity index is 2120. The van der Waals surface area contributed by atoms with E-state index in [1.165, 1.54) is 58.5 Å². The fourth-order valence-electron chi connectivity index (χ4n) is 6.16. The van der Waals surface area contributed by atoms with Gasteiger partial charge in [0.1, 0.15) is 0 Å². The van der Waals surface area contributed by atoms with Crippen molar-refractivity contribution in [2.75, 3.05) is 5.32 Å². The first-order valence-electron chi connectivity index (χ1n) is 12.3. The summed E-state index contributed by atoms with van der Waals surface area (Å²) in [6.45, 7) is 0. The van der Waals surface area contributed by atoms with Crippen LogP contribution in [0, 0.1) is 0 Å². The van der Waals surface area contributed by atoms with Gasteiger partial charge in [0.25, 0.3) is 0 Å². The molecule has 4 heteroatoms. The molecule has 0 saturated heterocycles. The Balaban J connectivity index is 1.44. The third-order valence-electron chi connectivity index (χ3n) is 7.72. The Morgan fingerprint density at radius 2 is 1.64 bits per heavy atom. The van der Waals surface area contributed by atoms with Gasteiger partial charge in [0.15, 0.2) is 5.82 Å². The molecule has 9 rings (SSSR count). The van der Waals surface area contributed by atoms with Crippen molar-refractivity contribution in [1.29, 1.82) is 0 Å². The van der Waals surface area contributed by atoms with Gasteiger partial charge in [-0.25, -0.2) is 4.99 Å². The van der Waals surface area contributed by atoms with E-state index in [0.717, 1.165) is 17.2 Å². The molecule has 36 heavy (non-hydrogen) atoms. The lowest BCUT2D eigenvalue weighted by Crippen LogP contribution is -2.29. The summed E-state index contributed by atoms with van der Waals surface area (Å²) in [6, 6.07) is 28.9. The van der Waals surface area contributed by atoms with E-state index in [-0.39, 0.29) is 6.04 Å². The normalized spacial score (nSPS) is 16.8. The van der Waals surface area contributed by atoms with Gasteiger partial charge in [-0.3, -0.25) is 4.40 Å². The minimum absolute atomic E-state index is 0.117. The minimum atomic E-state index is 0.117. The molecule has 1 atom stereocenters. The summed E-state index contributed by atoms with van der Waals surface area (Å²) in [7, 11) is 0. The first-order valence-corrected chi connectivity index (χ1v) is 13.1. The van der Waals surface area contributed by atoms with Gasteiger partial charge in [-0.2, -0.15) is 0 Å². The standard InChI is InChI=1S/C32H19N3S/c1-2-8-18(9-3-1)19-14-15-21-26(16-19)36-27-17-22-30-32(34-24-12-6-5-11-23(24)33-30)35-25-13-7-4-10-20(25)29(28(21)27)31(22)35/h1-17,23,33H. The fraction of sp³-hybridized carbons (Fsp3) is 0.0312. The number of aliphatic imine (C=N–C) groups is 1. The second-order valence-electron chi connectivity index (χ2n) is 9.65. The van der Waals surface area contributed by atoms with Crippen LogP contribution in [-0.4, -0.2) is 16.2 Å². The third-order valence-corrected chi connectivity index (χ3v) is 8.82. The van der Waals surface area contributed by atoms with Gasteiger partial charge < -0.3 is 5.32 Å². The molecule has 1 N–H and O–H groups in total. The summed E-state index contributed by atoms with van der Waals surface area (Å²) in [5, 5.41) is 10.4. The number of nitrogens with one attached hydrogen (secondary N) is 1. The highest BCUT2D eigenvalue weighted by Crippen LogP contribution is 2.51. The summed E-state index contributed by atoms with van der Waals surface area (Å²) >= 11 is 1.89. The molecule has 3 nitrogen and oxygen atoms in total. The molecule has 0 radical (unpaired) electrons. The van der Waals surface area contributed by atoms with Gasteiger partial charge in [-0.05, 0) is 35.4 Å². The predicted molar refractivity (Wildman–Crippen MR) is 155 cm³/mol. The zero-order valence-electron chi connectivity index (χ0n) is 19.2. The molecule has 0 saturated carbocycles. The van der Waals surface area contributed by atoms with Crippen molar-refractivity contribution in [3.63, 3.8) is 0 Å². The number of aromatic nitrogens is 1. The Morgan fingerprint density at radius 3 is 2.58 bits per heavy atom. The molecule has 3 aromatic heterocycles. The van der Waals surface area contributed by atoms with Crippen molar-refractivity contribution in [2.45, 2.75) is 6.04 Å². The predicted octanol–water partition coefficient (Wildman–Crippen LogP) is 8.71. The van der Waals surface area contributed by atoms with Crippen LogP contribution < -0.4 is 5.32 Å². The molecule has 0 fully saturated rings. The largest absolute Gasteiger partial charge is 0.370 e. The van der Waals surface area contributed by atoms with Crippen molar-refractivity contribution in [2.24, 2.45) is 4.99 Å². The van der Waals surface area contributed by atoms with Crippen molar-refractivity contribution < 1.29 is 0 Å². The Labute approximate surface area is 210 Å². The van der Waals surface area contributed by atoms with Crippen LogP contribution in [0.1, 0.15) is 0 Å². The van der Waals surface area contributed by atoms with Crippen LogP contribution in [0.25, 0.3) is 58.5 Å². The quantitative estimate of drug-likeness (QED) is 0.252. The van der Waals surface area contributed by atoms with E-state index in [4.69, 9.17) is 4.99 Å². The SMILES string of the molecule is C1=CC2=Nc3c(c4cc5sc6cc(-c7ccccc7)ccc6c5c5c6ccccc6n3c45)NC2C=C1. The summed E-state index contributed by atoms with van der Waals surface area (Å²) in [6.07, 6.45) is 8.47. The molecule has 1 aliphatic carbocycles. The van der Waals surface area contributed by atoms with Crippen molar-refractivity contribution in [3.05, 3.63) is 103 Å². The summed E-state index contributed by atoms with van der Waals surface area (Å²) in [4.78, 5) is 5.17. The van der Waals surface area contributed by atoms with Gasteiger partial charge in [0, 0.05) is 36.3 Å². The molecule has 1 aliphatic heterocycles.